The van der Waals surface area contributed by atoms with E-state index in [-0.39, 0.29) is 6.61 Å². The van der Waals surface area contributed by atoms with Gasteiger partial charge in [-0.1, -0.05) is 41.9 Å². The molecule has 1 N–H and O–H groups in total. The fourth-order valence-electron chi connectivity index (χ4n) is 1.85. The molecule has 19 heavy (non-hydrogen) atoms. The number of hydrogen-bond donors (Lipinski definition) is 1. The number of aliphatic hydroxyl groups is 1. The Morgan fingerprint density at radius 1 is 1.16 bits per heavy atom. The van der Waals surface area contributed by atoms with Crippen molar-refractivity contribution in [3.8, 4) is 5.75 Å². The molecule has 0 aromatic heterocycles. The third-order valence-corrected chi connectivity index (χ3v) is 2.98. The first-order chi connectivity index (χ1) is 9.15. The van der Waals surface area contributed by atoms with Gasteiger partial charge in [0, 0.05) is 11.4 Å². The van der Waals surface area contributed by atoms with E-state index >= 15 is 0 Å². The summed E-state index contributed by atoms with van der Waals surface area (Å²) in [5.74, 6) is 0.772. The van der Waals surface area contributed by atoms with Crippen LogP contribution in [0.4, 0.5) is 0 Å². The van der Waals surface area contributed by atoms with E-state index in [1.807, 2.05) is 30.3 Å². The summed E-state index contributed by atoms with van der Waals surface area (Å²) in [6.45, 7) is 1.98. The number of rotatable bonds is 5. The van der Waals surface area contributed by atoms with Crippen LogP contribution in [0.5, 0.6) is 5.75 Å². The standard InChI is InChI=1S/C16H17ClO2/c1-12(18)11-19-16-8-7-15(17)10-14(16)9-13-5-3-2-4-6-13/h2-8,10,12,18H,9,11H2,1H3. The molecule has 2 nitrogen and oxygen atoms in total. The highest BCUT2D eigenvalue weighted by atomic mass is 35.5. The molecule has 3 heteroatoms. The molecule has 0 saturated carbocycles. The maximum atomic E-state index is 9.30. The van der Waals surface area contributed by atoms with Crippen LogP contribution < -0.4 is 4.74 Å². The van der Waals surface area contributed by atoms with Gasteiger partial charge in [0.2, 0.25) is 0 Å². The Morgan fingerprint density at radius 2 is 1.89 bits per heavy atom. The van der Waals surface area contributed by atoms with E-state index in [1.165, 1.54) is 5.56 Å². The van der Waals surface area contributed by atoms with Gasteiger partial charge in [-0.05, 0) is 36.2 Å². The Kier molecular flexibility index (Phi) is 4.83. The second-order valence-corrected chi connectivity index (χ2v) is 5.01. The Hall–Kier alpha value is -1.51. The molecule has 100 valence electrons. The fraction of sp³-hybridized carbons (Fsp3) is 0.250. The van der Waals surface area contributed by atoms with Crippen molar-refractivity contribution in [1.29, 1.82) is 0 Å². The fourth-order valence-corrected chi connectivity index (χ4v) is 2.05. The van der Waals surface area contributed by atoms with Gasteiger partial charge in [-0.2, -0.15) is 0 Å². The topological polar surface area (TPSA) is 29.5 Å². The molecular weight excluding hydrogens is 260 g/mol. The van der Waals surface area contributed by atoms with Crippen LogP contribution >= 0.6 is 11.6 Å². The highest BCUT2D eigenvalue weighted by molar-refractivity contribution is 6.30. The molecule has 0 bridgehead atoms. The second kappa shape index (κ2) is 6.60. The lowest BCUT2D eigenvalue weighted by molar-refractivity contribution is 0.122. The van der Waals surface area contributed by atoms with Crippen molar-refractivity contribution in [1.82, 2.24) is 0 Å². The van der Waals surface area contributed by atoms with Crippen molar-refractivity contribution in [2.24, 2.45) is 0 Å². The first-order valence-electron chi connectivity index (χ1n) is 6.28. The molecule has 1 unspecified atom stereocenters. The van der Waals surface area contributed by atoms with Crippen molar-refractivity contribution in [2.45, 2.75) is 19.4 Å². The van der Waals surface area contributed by atoms with Gasteiger partial charge >= 0.3 is 0 Å². The van der Waals surface area contributed by atoms with E-state index in [9.17, 15) is 5.11 Å². The predicted octanol–water partition coefficient (Wildman–Crippen LogP) is 3.69. The van der Waals surface area contributed by atoms with Crippen LogP contribution in [0.25, 0.3) is 0 Å². The number of halogens is 1. The largest absolute Gasteiger partial charge is 0.491 e. The maximum Gasteiger partial charge on any atom is 0.123 e. The highest BCUT2D eigenvalue weighted by Gasteiger charge is 2.07. The smallest absolute Gasteiger partial charge is 0.123 e. The van der Waals surface area contributed by atoms with Gasteiger partial charge in [0.25, 0.3) is 0 Å². The van der Waals surface area contributed by atoms with Crippen LogP contribution in [0.15, 0.2) is 48.5 Å². The van der Waals surface area contributed by atoms with Gasteiger partial charge < -0.3 is 9.84 Å². The third kappa shape index (κ3) is 4.27. The highest BCUT2D eigenvalue weighted by Crippen LogP contribution is 2.25. The van der Waals surface area contributed by atoms with Crippen molar-refractivity contribution in [2.75, 3.05) is 6.61 Å². The molecule has 0 fully saturated rings. The number of ether oxygens (including phenoxy) is 1. The van der Waals surface area contributed by atoms with Gasteiger partial charge in [0.05, 0.1) is 6.10 Å². The molecule has 0 aliphatic rings. The molecule has 2 aromatic rings. The minimum atomic E-state index is -0.486. The SMILES string of the molecule is CC(O)COc1ccc(Cl)cc1Cc1ccccc1. The summed E-state index contributed by atoms with van der Waals surface area (Å²) in [5.41, 5.74) is 2.23. The van der Waals surface area contributed by atoms with E-state index in [0.717, 1.165) is 17.7 Å². The first-order valence-corrected chi connectivity index (χ1v) is 6.66. The van der Waals surface area contributed by atoms with E-state index in [0.29, 0.717) is 5.02 Å². The van der Waals surface area contributed by atoms with Crippen LogP contribution in [-0.2, 0) is 6.42 Å². The van der Waals surface area contributed by atoms with E-state index in [2.05, 4.69) is 12.1 Å². The minimum Gasteiger partial charge on any atom is -0.491 e. The molecule has 0 aliphatic carbocycles. The maximum absolute atomic E-state index is 9.30. The zero-order chi connectivity index (χ0) is 13.7. The summed E-state index contributed by atoms with van der Waals surface area (Å²) in [7, 11) is 0. The second-order valence-electron chi connectivity index (χ2n) is 4.57. The summed E-state index contributed by atoms with van der Waals surface area (Å²) in [6.07, 6.45) is 0.275. The average molecular weight is 277 g/mol. The van der Waals surface area contributed by atoms with Crippen molar-refractivity contribution in [3.05, 3.63) is 64.7 Å². The van der Waals surface area contributed by atoms with Crippen molar-refractivity contribution < 1.29 is 9.84 Å². The predicted molar refractivity (Wildman–Crippen MR) is 77.9 cm³/mol. The Labute approximate surface area is 118 Å². The van der Waals surface area contributed by atoms with Crippen LogP contribution in [0.2, 0.25) is 5.02 Å². The zero-order valence-corrected chi connectivity index (χ0v) is 11.6. The number of benzene rings is 2. The molecular formula is C16H17ClO2. The van der Waals surface area contributed by atoms with Crippen LogP contribution in [0, 0.1) is 0 Å². The number of hydrogen-bond acceptors (Lipinski definition) is 2. The zero-order valence-electron chi connectivity index (χ0n) is 10.8. The van der Waals surface area contributed by atoms with Gasteiger partial charge in [-0.25, -0.2) is 0 Å². The van der Waals surface area contributed by atoms with Crippen molar-refractivity contribution >= 4 is 11.6 Å². The van der Waals surface area contributed by atoms with Crippen LogP contribution in [0.1, 0.15) is 18.1 Å². The Morgan fingerprint density at radius 3 is 2.58 bits per heavy atom. The molecule has 0 heterocycles. The normalized spacial score (nSPS) is 12.2. The van der Waals surface area contributed by atoms with E-state index in [1.54, 1.807) is 13.0 Å². The minimum absolute atomic E-state index is 0.281. The van der Waals surface area contributed by atoms with Crippen molar-refractivity contribution in [3.63, 3.8) is 0 Å². The van der Waals surface area contributed by atoms with Crippen LogP contribution in [0.3, 0.4) is 0 Å². The molecule has 0 amide bonds. The first kappa shape index (κ1) is 13.9. The summed E-state index contributed by atoms with van der Waals surface area (Å²) < 4.78 is 5.62. The van der Waals surface area contributed by atoms with Gasteiger partial charge in [0.15, 0.2) is 0 Å². The molecule has 0 spiro atoms. The Bertz CT molecular complexity index is 524. The molecule has 0 saturated heterocycles. The van der Waals surface area contributed by atoms with Gasteiger partial charge in [0.1, 0.15) is 12.4 Å². The van der Waals surface area contributed by atoms with Gasteiger partial charge in [-0.3, -0.25) is 0 Å². The van der Waals surface area contributed by atoms with E-state index < -0.39 is 6.10 Å². The summed E-state index contributed by atoms with van der Waals surface area (Å²) >= 11 is 6.04. The summed E-state index contributed by atoms with van der Waals surface area (Å²) in [4.78, 5) is 0. The lowest BCUT2D eigenvalue weighted by Crippen LogP contribution is -2.13. The number of aliphatic hydroxyl groups excluding tert-OH is 1. The molecule has 1 atom stereocenters. The molecule has 2 rings (SSSR count). The molecule has 2 aromatic carbocycles. The third-order valence-electron chi connectivity index (χ3n) is 2.74. The lowest BCUT2D eigenvalue weighted by atomic mass is 10.0. The van der Waals surface area contributed by atoms with Gasteiger partial charge in [-0.15, -0.1) is 0 Å². The summed E-state index contributed by atoms with van der Waals surface area (Å²) in [5, 5.41) is 9.99. The van der Waals surface area contributed by atoms with E-state index in [4.69, 9.17) is 16.3 Å². The Balaban J connectivity index is 2.19. The summed E-state index contributed by atoms with van der Waals surface area (Å²) in [6, 6.07) is 15.7. The van der Waals surface area contributed by atoms with Crippen LogP contribution in [-0.4, -0.2) is 17.8 Å². The quantitative estimate of drug-likeness (QED) is 0.902. The molecule has 0 radical (unpaired) electrons. The monoisotopic (exact) mass is 276 g/mol. The molecule has 0 aliphatic heterocycles. The average Bonchev–Trinajstić information content (AvgIpc) is 2.39. The lowest BCUT2D eigenvalue weighted by Gasteiger charge is -2.13.